The molecule has 0 bridgehead atoms. The van der Waals surface area contributed by atoms with E-state index in [0.717, 1.165) is 29.1 Å². The van der Waals surface area contributed by atoms with E-state index in [-0.39, 0.29) is 5.69 Å². The summed E-state index contributed by atoms with van der Waals surface area (Å²) in [7, 11) is 1.35. The summed E-state index contributed by atoms with van der Waals surface area (Å²) in [6.45, 7) is 0. The zero-order valence-electron chi connectivity index (χ0n) is 18.1. The number of nitrogens with zero attached hydrogens (tertiary/aromatic N) is 3. The number of aromatic nitrogens is 3. The summed E-state index contributed by atoms with van der Waals surface area (Å²) >= 11 is 0. The first-order valence-electron chi connectivity index (χ1n) is 11.0. The zero-order valence-corrected chi connectivity index (χ0v) is 18.1. The molecule has 2 N–H and O–H groups in total. The molecule has 0 radical (unpaired) electrons. The highest BCUT2D eigenvalue weighted by molar-refractivity contribution is 6.12. The fraction of sp³-hybridized carbons (Fsp3) is 0.292. The predicted molar refractivity (Wildman–Crippen MR) is 125 cm³/mol. The van der Waals surface area contributed by atoms with Gasteiger partial charge in [0.1, 0.15) is 11.5 Å². The Morgan fingerprint density at radius 3 is 2.73 bits per heavy atom. The van der Waals surface area contributed by atoms with Crippen LogP contribution in [0.2, 0.25) is 0 Å². The van der Waals surface area contributed by atoms with Gasteiger partial charge < -0.3 is 15.0 Å². The molecule has 2 aromatic heterocycles. The lowest BCUT2D eigenvalue weighted by molar-refractivity contribution is -0.384. The molecule has 168 valence electrons. The van der Waals surface area contributed by atoms with Crippen LogP contribution >= 0.6 is 0 Å². The molecule has 33 heavy (non-hydrogen) atoms. The molecule has 0 amide bonds. The van der Waals surface area contributed by atoms with Crippen molar-refractivity contribution >= 4 is 39.4 Å². The zero-order chi connectivity index (χ0) is 22.9. The average molecular weight is 445 g/mol. The van der Waals surface area contributed by atoms with E-state index in [1.807, 2.05) is 6.07 Å². The maximum atomic E-state index is 12.0. The Bertz CT molecular complexity index is 1370. The van der Waals surface area contributed by atoms with Crippen molar-refractivity contribution in [2.45, 2.75) is 38.1 Å². The van der Waals surface area contributed by atoms with Crippen LogP contribution in [0.3, 0.4) is 0 Å². The van der Waals surface area contributed by atoms with Gasteiger partial charge in [0.15, 0.2) is 5.82 Å². The summed E-state index contributed by atoms with van der Waals surface area (Å²) in [6, 6.07) is 11.9. The molecule has 9 nitrogen and oxygen atoms in total. The van der Waals surface area contributed by atoms with Crippen molar-refractivity contribution in [3.05, 3.63) is 58.1 Å². The number of benzene rings is 2. The second-order valence-corrected chi connectivity index (χ2v) is 8.28. The molecule has 2 heterocycles. The van der Waals surface area contributed by atoms with Gasteiger partial charge in [0, 0.05) is 34.6 Å². The third kappa shape index (κ3) is 3.97. The number of aromatic amines is 1. The standard InChI is InChI=1S/C24H23N5O4/c1-33-24(30)15-10-11-18-19(13-15)26-23-20(18)22(25-16-7-3-2-4-8-16)27-21(28-23)14-6-5-9-17(12-14)29(31)32/h5-6,9-13,16H,2-4,7-8H2,1H3,(H2,25,26,27,28). The number of anilines is 1. The monoisotopic (exact) mass is 445 g/mol. The molecule has 1 aliphatic rings. The Labute approximate surface area is 189 Å². The number of ether oxygens (including phenoxy) is 1. The number of hydrogen-bond donors (Lipinski definition) is 2. The number of carbonyl (C=O) groups is 1. The second-order valence-electron chi connectivity index (χ2n) is 8.28. The minimum Gasteiger partial charge on any atom is -0.465 e. The van der Waals surface area contributed by atoms with Gasteiger partial charge in [-0.15, -0.1) is 0 Å². The third-order valence-electron chi connectivity index (χ3n) is 6.13. The maximum Gasteiger partial charge on any atom is 0.337 e. The van der Waals surface area contributed by atoms with Gasteiger partial charge in [-0.3, -0.25) is 10.1 Å². The smallest absolute Gasteiger partial charge is 0.337 e. The summed E-state index contributed by atoms with van der Waals surface area (Å²) in [4.78, 5) is 35.6. The van der Waals surface area contributed by atoms with Gasteiger partial charge in [-0.1, -0.05) is 37.5 Å². The Kier molecular flexibility index (Phi) is 5.37. The van der Waals surface area contributed by atoms with Crippen molar-refractivity contribution in [2.75, 3.05) is 12.4 Å². The Morgan fingerprint density at radius 2 is 1.97 bits per heavy atom. The van der Waals surface area contributed by atoms with Gasteiger partial charge >= 0.3 is 5.97 Å². The highest BCUT2D eigenvalue weighted by atomic mass is 16.6. The molecule has 5 rings (SSSR count). The summed E-state index contributed by atoms with van der Waals surface area (Å²) in [5.41, 5.74) is 2.32. The number of nitro benzene ring substituents is 1. The largest absolute Gasteiger partial charge is 0.465 e. The number of hydrogen-bond acceptors (Lipinski definition) is 7. The van der Waals surface area contributed by atoms with Gasteiger partial charge in [0.25, 0.3) is 5.69 Å². The molecule has 0 saturated heterocycles. The van der Waals surface area contributed by atoms with E-state index in [1.165, 1.54) is 38.5 Å². The summed E-state index contributed by atoms with van der Waals surface area (Å²) in [6.07, 6.45) is 5.69. The predicted octanol–water partition coefficient (Wildman–Crippen LogP) is 5.22. The van der Waals surface area contributed by atoms with E-state index in [9.17, 15) is 14.9 Å². The van der Waals surface area contributed by atoms with Crippen molar-refractivity contribution in [1.82, 2.24) is 15.0 Å². The number of nitrogens with one attached hydrogen (secondary N) is 2. The Balaban J connectivity index is 1.69. The van der Waals surface area contributed by atoms with Gasteiger partial charge in [-0.05, 0) is 25.0 Å². The number of non-ortho nitro benzene ring substituents is 1. The molecule has 1 fully saturated rings. The SMILES string of the molecule is COC(=O)c1ccc2c(c1)[nH]c1nc(-c3cccc([N+](=O)[O-])c3)nc(NC3CCCCC3)c12. The van der Waals surface area contributed by atoms with Crippen LogP contribution in [0.5, 0.6) is 0 Å². The lowest BCUT2D eigenvalue weighted by Gasteiger charge is -2.23. The van der Waals surface area contributed by atoms with Crippen LogP contribution in [0, 0.1) is 10.1 Å². The van der Waals surface area contributed by atoms with Crippen molar-refractivity contribution in [1.29, 1.82) is 0 Å². The summed E-state index contributed by atoms with van der Waals surface area (Å²) in [5.74, 6) is 0.661. The number of H-pyrrole nitrogens is 1. The minimum atomic E-state index is -0.430. The molecule has 2 aromatic carbocycles. The van der Waals surface area contributed by atoms with Crippen LogP contribution in [-0.2, 0) is 4.74 Å². The highest BCUT2D eigenvalue weighted by Crippen LogP contribution is 2.34. The lowest BCUT2D eigenvalue weighted by atomic mass is 9.95. The van der Waals surface area contributed by atoms with Crippen LogP contribution in [-0.4, -0.2) is 39.0 Å². The van der Waals surface area contributed by atoms with Crippen molar-refractivity contribution in [3.63, 3.8) is 0 Å². The number of methoxy groups -OCH3 is 1. The van der Waals surface area contributed by atoms with Crippen molar-refractivity contribution < 1.29 is 14.5 Å². The minimum absolute atomic E-state index is 0.0163. The van der Waals surface area contributed by atoms with E-state index in [2.05, 4.69) is 15.3 Å². The van der Waals surface area contributed by atoms with Crippen LogP contribution in [0.1, 0.15) is 42.5 Å². The quantitative estimate of drug-likeness (QED) is 0.245. The third-order valence-corrected chi connectivity index (χ3v) is 6.13. The van der Waals surface area contributed by atoms with Gasteiger partial charge in [-0.2, -0.15) is 0 Å². The number of rotatable bonds is 5. The molecule has 0 atom stereocenters. The maximum absolute atomic E-state index is 12.0. The number of esters is 1. The number of nitro groups is 1. The van der Waals surface area contributed by atoms with Crippen molar-refractivity contribution in [2.24, 2.45) is 0 Å². The Morgan fingerprint density at radius 1 is 1.15 bits per heavy atom. The summed E-state index contributed by atoms with van der Waals surface area (Å²) in [5, 5.41) is 16.6. The Hall–Kier alpha value is -4.01. The number of fused-ring (bicyclic) bond motifs is 3. The average Bonchev–Trinajstić information content (AvgIpc) is 3.22. The van der Waals surface area contributed by atoms with E-state index in [0.29, 0.717) is 34.5 Å². The summed E-state index contributed by atoms with van der Waals surface area (Å²) < 4.78 is 4.84. The molecule has 4 aromatic rings. The highest BCUT2D eigenvalue weighted by Gasteiger charge is 2.21. The van der Waals surface area contributed by atoms with E-state index >= 15 is 0 Å². The van der Waals surface area contributed by atoms with Crippen LogP contribution in [0.15, 0.2) is 42.5 Å². The molecule has 1 saturated carbocycles. The molecule has 0 spiro atoms. The molecule has 0 aliphatic heterocycles. The van der Waals surface area contributed by atoms with Gasteiger partial charge in [-0.25, -0.2) is 14.8 Å². The fourth-order valence-corrected chi connectivity index (χ4v) is 4.48. The lowest BCUT2D eigenvalue weighted by Crippen LogP contribution is -2.23. The molecular weight excluding hydrogens is 422 g/mol. The first kappa shape index (κ1) is 20.9. The van der Waals surface area contributed by atoms with E-state index in [1.54, 1.807) is 24.3 Å². The molecule has 0 unspecified atom stereocenters. The second kappa shape index (κ2) is 8.50. The van der Waals surface area contributed by atoms with Crippen LogP contribution in [0.4, 0.5) is 11.5 Å². The fourth-order valence-electron chi connectivity index (χ4n) is 4.48. The van der Waals surface area contributed by atoms with Gasteiger partial charge in [0.2, 0.25) is 0 Å². The van der Waals surface area contributed by atoms with E-state index in [4.69, 9.17) is 9.72 Å². The van der Waals surface area contributed by atoms with Gasteiger partial charge in [0.05, 0.1) is 23.0 Å². The molecule has 1 aliphatic carbocycles. The van der Waals surface area contributed by atoms with Crippen LogP contribution in [0.25, 0.3) is 33.3 Å². The normalized spacial score (nSPS) is 14.5. The molecular formula is C24H23N5O4. The van der Waals surface area contributed by atoms with Crippen molar-refractivity contribution in [3.8, 4) is 11.4 Å². The van der Waals surface area contributed by atoms with Crippen LogP contribution < -0.4 is 5.32 Å². The topological polar surface area (TPSA) is 123 Å². The number of carbonyl (C=O) groups excluding carboxylic acids is 1. The van der Waals surface area contributed by atoms with E-state index < -0.39 is 10.9 Å². The molecule has 9 heteroatoms. The first-order chi connectivity index (χ1) is 16.0. The first-order valence-corrected chi connectivity index (χ1v) is 11.0.